The van der Waals surface area contributed by atoms with Crippen LogP contribution in [0.4, 0.5) is 5.69 Å². The van der Waals surface area contributed by atoms with Gasteiger partial charge < -0.3 is 5.32 Å². The van der Waals surface area contributed by atoms with Crippen LogP contribution in [0.2, 0.25) is 0 Å². The van der Waals surface area contributed by atoms with Gasteiger partial charge in [-0.05, 0) is 58.1 Å². The highest BCUT2D eigenvalue weighted by molar-refractivity contribution is 7.89. The Morgan fingerprint density at radius 2 is 1.71 bits per heavy atom. The van der Waals surface area contributed by atoms with E-state index in [4.69, 9.17) is 0 Å². The largest absolute Gasteiger partial charge is 0.325 e. The SMILES string of the molecule is O=C(Nc1cccc(Cc2nn[nH]n2)c1)C1Cc2ccccc2CN1S(=O)(=O)c1ccc2ccccc2c1. The molecule has 0 aliphatic carbocycles. The smallest absolute Gasteiger partial charge is 0.244 e. The summed E-state index contributed by atoms with van der Waals surface area (Å²) in [5.74, 6) is 0.144. The van der Waals surface area contributed by atoms with E-state index in [-0.39, 0.29) is 23.8 Å². The molecule has 2 N–H and O–H groups in total. The second-order valence-electron chi connectivity index (χ2n) is 9.24. The molecule has 0 fully saturated rings. The van der Waals surface area contributed by atoms with E-state index in [0.717, 1.165) is 27.5 Å². The zero-order chi connectivity index (χ0) is 26.1. The maximum Gasteiger partial charge on any atom is 0.244 e. The number of aromatic nitrogens is 4. The van der Waals surface area contributed by atoms with Crippen LogP contribution in [0.1, 0.15) is 22.5 Å². The first kappa shape index (κ1) is 24.0. The van der Waals surface area contributed by atoms with E-state index in [1.54, 1.807) is 24.3 Å². The molecule has 10 heteroatoms. The number of amides is 1. The zero-order valence-corrected chi connectivity index (χ0v) is 21.1. The predicted molar refractivity (Wildman–Crippen MR) is 143 cm³/mol. The van der Waals surface area contributed by atoms with Crippen molar-refractivity contribution in [2.45, 2.75) is 30.3 Å². The highest BCUT2D eigenvalue weighted by Crippen LogP contribution is 2.31. The minimum atomic E-state index is -3.98. The van der Waals surface area contributed by atoms with Crippen LogP contribution < -0.4 is 5.32 Å². The maximum atomic E-state index is 14.0. The molecule has 0 saturated carbocycles. The number of benzene rings is 4. The average Bonchev–Trinajstić information content (AvgIpc) is 3.45. The third-order valence-electron chi connectivity index (χ3n) is 6.78. The molecular formula is C28H24N6O3S. The lowest BCUT2D eigenvalue weighted by molar-refractivity contribution is -0.120. The topological polar surface area (TPSA) is 121 Å². The first-order valence-electron chi connectivity index (χ1n) is 12.2. The number of nitrogens with zero attached hydrogens (tertiary/aromatic N) is 4. The Morgan fingerprint density at radius 1 is 0.921 bits per heavy atom. The summed E-state index contributed by atoms with van der Waals surface area (Å²) in [6, 6.07) is 26.7. The predicted octanol–water partition coefficient (Wildman–Crippen LogP) is 3.70. The summed E-state index contributed by atoms with van der Waals surface area (Å²) in [5.41, 5.74) is 3.31. The van der Waals surface area contributed by atoms with Gasteiger partial charge in [0.2, 0.25) is 15.9 Å². The Hall–Kier alpha value is -4.41. The van der Waals surface area contributed by atoms with E-state index in [0.29, 0.717) is 17.9 Å². The number of nitrogens with one attached hydrogen (secondary N) is 2. The first-order chi connectivity index (χ1) is 18.5. The van der Waals surface area contributed by atoms with E-state index >= 15 is 0 Å². The lowest BCUT2D eigenvalue weighted by Gasteiger charge is -2.35. The quantitative estimate of drug-likeness (QED) is 0.349. The monoisotopic (exact) mass is 524 g/mol. The Labute approximate surface area is 219 Å². The van der Waals surface area contributed by atoms with Crippen molar-refractivity contribution in [3.63, 3.8) is 0 Å². The summed E-state index contributed by atoms with van der Waals surface area (Å²) in [5, 5.41) is 18.7. The Balaban J connectivity index is 1.32. The van der Waals surface area contributed by atoms with Gasteiger partial charge in [0.05, 0.1) is 4.90 Å². The summed E-state index contributed by atoms with van der Waals surface area (Å²) in [6.45, 7) is 0.112. The van der Waals surface area contributed by atoms with Crippen LogP contribution in [0.25, 0.3) is 10.8 Å². The summed E-state index contributed by atoms with van der Waals surface area (Å²) in [6.07, 6.45) is 0.719. The van der Waals surface area contributed by atoms with Crippen molar-refractivity contribution in [3.05, 3.63) is 114 Å². The van der Waals surface area contributed by atoms with Crippen molar-refractivity contribution in [1.29, 1.82) is 0 Å². The van der Waals surface area contributed by atoms with E-state index in [1.807, 2.05) is 66.7 Å². The van der Waals surface area contributed by atoms with Crippen molar-refractivity contribution >= 4 is 32.4 Å². The lowest BCUT2D eigenvalue weighted by Crippen LogP contribution is -2.50. The van der Waals surface area contributed by atoms with Crippen molar-refractivity contribution < 1.29 is 13.2 Å². The van der Waals surface area contributed by atoms with Gasteiger partial charge in [0.25, 0.3) is 0 Å². The molecule has 1 aliphatic heterocycles. The minimum Gasteiger partial charge on any atom is -0.325 e. The fourth-order valence-electron chi connectivity index (χ4n) is 4.86. The second-order valence-corrected chi connectivity index (χ2v) is 11.1. The normalized spacial score (nSPS) is 15.7. The maximum absolute atomic E-state index is 14.0. The standard InChI is InChI=1S/C28H24N6O3S/c35-28(29-24-11-5-6-19(14-24)15-27-30-32-33-31-27)26-17-22-9-3-4-10-23(22)18-34(26)38(36,37)25-13-12-20-7-1-2-8-21(20)16-25/h1-14,16,26H,15,17-18H2,(H,29,35)(H,30,31,32,33). The van der Waals surface area contributed by atoms with Crippen molar-refractivity contribution in [2.24, 2.45) is 0 Å². The zero-order valence-electron chi connectivity index (χ0n) is 20.3. The number of sulfonamides is 1. The molecule has 0 saturated heterocycles. The fourth-order valence-corrected chi connectivity index (χ4v) is 6.46. The Kier molecular flexibility index (Phi) is 6.18. The lowest BCUT2D eigenvalue weighted by atomic mass is 9.95. The summed E-state index contributed by atoms with van der Waals surface area (Å²) in [7, 11) is -3.98. The number of fused-ring (bicyclic) bond motifs is 2. The number of rotatable bonds is 6. The van der Waals surface area contributed by atoms with Gasteiger partial charge in [0.15, 0.2) is 5.82 Å². The Bertz CT molecular complexity index is 1740. The van der Waals surface area contributed by atoms with E-state index < -0.39 is 16.1 Å². The van der Waals surface area contributed by atoms with Gasteiger partial charge in [-0.2, -0.15) is 9.52 Å². The molecule has 1 unspecified atom stereocenters. The number of anilines is 1. The molecule has 4 aromatic carbocycles. The third-order valence-corrected chi connectivity index (χ3v) is 8.63. The highest BCUT2D eigenvalue weighted by Gasteiger charge is 2.39. The molecular weight excluding hydrogens is 500 g/mol. The fraction of sp³-hybridized carbons (Fsp3) is 0.143. The van der Waals surface area contributed by atoms with Gasteiger partial charge in [-0.3, -0.25) is 4.79 Å². The van der Waals surface area contributed by atoms with Gasteiger partial charge >= 0.3 is 0 Å². The number of tetrazole rings is 1. The van der Waals surface area contributed by atoms with Gasteiger partial charge in [0.1, 0.15) is 6.04 Å². The molecule has 0 radical (unpaired) electrons. The van der Waals surface area contributed by atoms with Crippen LogP contribution in [0, 0.1) is 0 Å². The molecule has 38 heavy (non-hydrogen) atoms. The Morgan fingerprint density at radius 3 is 2.53 bits per heavy atom. The number of H-pyrrole nitrogens is 1. The number of hydrogen-bond acceptors (Lipinski definition) is 6. The van der Waals surface area contributed by atoms with E-state index in [1.165, 1.54) is 4.31 Å². The molecule has 1 atom stereocenters. The number of carbonyl (C=O) groups excluding carboxylic acids is 1. The van der Waals surface area contributed by atoms with Crippen LogP contribution in [0.15, 0.2) is 95.9 Å². The molecule has 1 aromatic heterocycles. The molecule has 0 bridgehead atoms. The first-order valence-corrected chi connectivity index (χ1v) is 13.6. The number of aromatic amines is 1. The van der Waals surface area contributed by atoms with Crippen molar-refractivity contribution in [3.8, 4) is 0 Å². The number of carbonyl (C=O) groups is 1. The molecule has 2 heterocycles. The average molecular weight is 525 g/mol. The number of hydrogen-bond donors (Lipinski definition) is 2. The summed E-state index contributed by atoms with van der Waals surface area (Å²) < 4.78 is 29.2. The van der Waals surface area contributed by atoms with Gasteiger partial charge in [0, 0.05) is 18.7 Å². The summed E-state index contributed by atoms with van der Waals surface area (Å²) in [4.78, 5) is 13.8. The molecule has 0 spiro atoms. The molecule has 5 aromatic rings. The van der Waals surface area contributed by atoms with Crippen LogP contribution in [0.5, 0.6) is 0 Å². The van der Waals surface area contributed by atoms with Crippen LogP contribution in [0.3, 0.4) is 0 Å². The van der Waals surface area contributed by atoms with E-state index in [2.05, 4.69) is 25.9 Å². The van der Waals surface area contributed by atoms with Crippen molar-refractivity contribution in [1.82, 2.24) is 24.9 Å². The highest BCUT2D eigenvalue weighted by atomic mass is 32.2. The molecule has 6 rings (SSSR count). The van der Waals surface area contributed by atoms with Gasteiger partial charge in [-0.15, -0.1) is 10.2 Å². The van der Waals surface area contributed by atoms with E-state index in [9.17, 15) is 13.2 Å². The van der Waals surface area contributed by atoms with Gasteiger partial charge in [-0.25, -0.2) is 8.42 Å². The minimum absolute atomic E-state index is 0.112. The molecule has 1 aliphatic rings. The van der Waals surface area contributed by atoms with Crippen molar-refractivity contribution in [2.75, 3.05) is 5.32 Å². The van der Waals surface area contributed by atoms with Gasteiger partial charge in [-0.1, -0.05) is 71.9 Å². The van der Waals surface area contributed by atoms with Crippen LogP contribution in [-0.4, -0.2) is 45.3 Å². The summed E-state index contributed by atoms with van der Waals surface area (Å²) >= 11 is 0. The van der Waals surface area contributed by atoms with Crippen LogP contribution >= 0.6 is 0 Å². The van der Waals surface area contributed by atoms with Crippen LogP contribution in [-0.2, 0) is 34.2 Å². The second kappa shape index (κ2) is 9.81. The molecule has 9 nitrogen and oxygen atoms in total. The third kappa shape index (κ3) is 4.67. The molecule has 1 amide bonds. The molecule has 190 valence electrons.